The molecule has 5 nitrogen and oxygen atoms in total. The second kappa shape index (κ2) is 9.54. The summed E-state index contributed by atoms with van der Waals surface area (Å²) in [6, 6.07) is 19.6. The van der Waals surface area contributed by atoms with Crippen molar-refractivity contribution in [3.63, 3.8) is 0 Å². The van der Waals surface area contributed by atoms with Gasteiger partial charge >= 0.3 is 0 Å². The van der Waals surface area contributed by atoms with Crippen molar-refractivity contribution in [1.29, 1.82) is 0 Å². The van der Waals surface area contributed by atoms with Crippen LogP contribution in [0.25, 0.3) is 0 Å². The molecular formula is C20H16Cl2N2O3S2. The van der Waals surface area contributed by atoms with Gasteiger partial charge in [0.15, 0.2) is 0 Å². The van der Waals surface area contributed by atoms with Gasteiger partial charge in [0.2, 0.25) is 5.91 Å². The highest BCUT2D eigenvalue weighted by Crippen LogP contribution is 2.22. The van der Waals surface area contributed by atoms with Gasteiger partial charge in [0, 0.05) is 20.6 Å². The summed E-state index contributed by atoms with van der Waals surface area (Å²) >= 11 is 13.1. The van der Waals surface area contributed by atoms with Crippen molar-refractivity contribution in [3.05, 3.63) is 82.8 Å². The van der Waals surface area contributed by atoms with Gasteiger partial charge in [-0.05, 0) is 66.7 Å². The van der Waals surface area contributed by atoms with Crippen LogP contribution in [-0.2, 0) is 14.8 Å². The number of nitrogens with one attached hydrogen (secondary N) is 2. The number of benzene rings is 3. The number of hydrogen-bond acceptors (Lipinski definition) is 4. The Balaban J connectivity index is 1.58. The molecule has 0 aliphatic carbocycles. The molecule has 3 aromatic rings. The summed E-state index contributed by atoms with van der Waals surface area (Å²) < 4.78 is 27.4. The first kappa shape index (κ1) is 21.5. The quantitative estimate of drug-likeness (QED) is 0.449. The summed E-state index contributed by atoms with van der Waals surface area (Å²) in [5, 5.41) is 3.81. The van der Waals surface area contributed by atoms with Crippen LogP contribution in [-0.4, -0.2) is 20.1 Å². The number of halogens is 2. The van der Waals surface area contributed by atoms with Crippen LogP contribution in [0, 0.1) is 0 Å². The van der Waals surface area contributed by atoms with Crippen LogP contribution in [0.3, 0.4) is 0 Å². The maximum atomic E-state index is 12.5. The van der Waals surface area contributed by atoms with Crippen molar-refractivity contribution < 1.29 is 13.2 Å². The van der Waals surface area contributed by atoms with Gasteiger partial charge in [-0.3, -0.25) is 9.52 Å². The second-order valence-electron chi connectivity index (χ2n) is 5.93. The Labute approximate surface area is 183 Å². The number of anilines is 2. The largest absolute Gasteiger partial charge is 0.325 e. The highest BCUT2D eigenvalue weighted by atomic mass is 35.5. The lowest BCUT2D eigenvalue weighted by molar-refractivity contribution is -0.113. The molecule has 0 radical (unpaired) electrons. The molecule has 0 saturated carbocycles. The van der Waals surface area contributed by atoms with E-state index >= 15 is 0 Å². The van der Waals surface area contributed by atoms with Crippen molar-refractivity contribution in [2.75, 3.05) is 15.8 Å². The SMILES string of the molecule is O=C(CSc1ccc(Cl)cc1)Nc1ccc(S(=O)(=O)Nc2cccc(Cl)c2)cc1. The molecule has 0 aromatic heterocycles. The van der Waals surface area contributed by atoms with Crippen LogP contribution in [0.4, 0.5) is 11.4 Å². The van der Waals surface area contributed by atoms with E-state index in [9.17, 15) is 13.2 Å². The number of sulfonamides is 1. The number of amides is 1. The molecule has 0 fully saturated rings. The van der Waals surface area contributed by atoms with E-state index in [0.29, 0.717) is 21.4 Å². The van der Waals surface area contributed by atoms with Crippen LogP contribution in [0.15, 0.2) is 82.6 Å². The summed E-state index contributed by atoms with van der Waals surface area (Å²) in [7, 11) is -3.76. The normalized spacial score (nSPS) is 11.1. The Bertz CT molecular complexity index is 1100. The molecule has 150 valence electrons. The highest BCUT2D eigenvalue weighted by molar-refractivity contribution is 8.00. The predicted octanol–water partition coefficient (Wildman–Crippen LogP) is 5.53. The van der Waals surface area contributed by atoms with Gasteiger partial charge in [-0.2, -0.15) is 0 Å². The van der Waals surface area contributed by atoms with Crippen molar-refractivity contribution >= 4 is 62.3 Å². The molecule has 0 bridgehead atoms. The molecule has 9 heteroatoms. The summed E-state index contributed by atoms with van der Waals surface area (Å²) in [5.74, 6) is 0.0236. The topological polar surface area (TPSA) is 75.3 Å². The zero-order valence-electron chi connectivity index (χ0n) is 14.9. The minimum atomic E-state index is -3.76. The Morgan fingerprint density at radius 1 is 0.862 bits per heavy atom. The van der Waals surface area contributed by atoms with Gasteiger partial charge in [-0.15, -0.1) is 11.8 Å². The van der Waals surface area contributed by atoms with Crippen LogP contribution < -0.4 is 10.0 Å². The van der Waals surface area contributed by atoms with Crippen LogP contribution >= 0.6 is 35.0 Å². The van der Waals surface area contributed by atoms with E-state index < -0.39 is 10.0 Å². The minimum Gasteiger partial charge on any atom is -0.325 e. The third-order valence-corrected chi connectivity index (χ3v) is 6.61. The first-order chi connectivity index (χ1) is 13.8. The van der Waals surface area contributed by atoms with Crippen molar-refractivity contribution in [1.82, 2.24) is 0 Å². The second-order valence-corrected chi connectivity index (χ2v) is 9.54. The lowest BCUT2D eigenvalue weighted by Gasteiger charge is -2.10. The molecule has 0 spiro atoms. The molecule has 2 N–H and O–H groups in total. The molecule has 29 heavy (non-hydrogen) atoms. The summed E-state index contributed by atoms with van der Waals surface area (Å²) in [6.45, 7) is 0. The van der Waals surface area contributed by atoms with Gasteiger partial charge < -0.3 is 5.32 Å². The Hall–Kier alpha value is -2.19. The molecule has 0 atom stereocenters. The van der Waals surface area contributed by atoms with E-state index in [4.69, 9.17) is 23.2 Å². The van der Waals surface area contributed by atoms with Crippen molar-refractivity contribution in [2.45, 2.75) is 9.79 Å². The lowest BCUT2D eigenvalue weighted by Crippen LogP contribution is -2.15. The van der Waals surface area contributed by atoms with Crippen LogP contribution in [0.1, 0.15) is 0 Å². The molecule has 0 aliphatic rings. The van der Waals surface area contributed by atoms with E-state index in [1.54, 1.807) is 30.3 Å². The maximum Gasteiger partial charge on any atom is 0.261 e. The van der Waals surface area contributed by atoms with E-state index in [1.807, 2.05) is 12.1 Å². The molecule has 0 aliphatic heterocycles. The first-order valence-electron chi connectivity index (χ1n) is 8.38. The average Bonchev–Trinajstić information content (AvgIpc) is 2.68. The van der Waals surface area contributed by atoms with E-state index in [0.717, 1.165) is 4.90 Å². The Kier molecular flexibility index (Phi) is 7.08. The number of carbonyl (C=O) groups excluding carboxylic acids is 1. The summed E-state index contributed by atoms with van der Waals surface area (Å²) in [6.07, 6.45) is 0. The van der Waals surface area contributed by atoms with Gasteiger partial charge in [0.25, 0.3) is 10.0 Å². The standard InChI is InChI=1S/C20H16Cl2N2O3S2/c21-14-4-8-18(9-5-14)28-13-20(25)23-16-6-10-19(11-7-16)29(26,27)24-17-3-1-2-15(22)12-17/h1-12,24H,13H2,(H,23,25). The zero-order valence-corrected chi connectivity index (χ0v) is 18.1. The van der Waals surface area contributed by atoms with Crippen LogP contribution in [0.2, 0.25) is 10.0 Å². The number of thioether (sulfide) groups is 1. The van der Waals surface area contributed by atoms with E-state index in [2.05, 4.69) is 10.0 Å². The molecule has 1 amide bonds. The molecule has 3 aromatic carbocycles. The fourth-order valence-electron chi connectivity index (χ4n) is 2.36. The third kappa shape index (κ3) is 6.40. The molecule has 3 rings (SSSR count). The van der Waals surface area contributed by atoms with E-state index in [-0.39, 0.29) is 16.6 Å². The number of hydrogen-bond donors (Lipinski definition) is 2. The lowest BCUT2D eigenvalue weighted by atomic mass is 10.3. The monoisotopic (exact) mass is 466 g/mol. The zero-order chi connectivity index (χ0) is 20.9. The Morgan fingerprint density at radius 3 is 2.21 bits per heavy atom. The Morgan fingerprint density at radius 2 is 1.55 bits per heavy atom. The number of rotatable bonds is 7. The fourth-order valence-corrected chi connectivity index (χ4v) is 4.42. The molecule has 0 unspecified atom stereocenters. The van der Waals surface area contributed by atoms with Gasteiger partial charge in [0.05, 0.1) is 16.3 Å². The van der Waals surface area contributed by atoms with E-state index in [1.165, 1.54) is 42.1 Å². The molecular weight excluding hydrogens is 451 g/mol. The van der Waals surface area contributed by atoms with Crippen LogP contribution in [0.5, 0.6) is 0 Å². The minimum absolute atomic E-state index is 0.0750. The fraction of sp³-hybridized carbons (Fsp3) is 0.0500. The van der Waals surface area contributed by atoms with Crippen molar-refractivity contribution in [3.8, 4) is 0 Å². The predicted molar refractivity (Wildman–Crippen MR) is 120 cm³/mol. The third-order valence-electron chi connectivity index (χ3n) is 3.71. The first-order valence-corrected chi connectivity index (χ1v) is 11.6. The smallest absolute Gasteiger partial charge is 0.261 e. The summed E-state index contributed by atoms with van der Waals surface area (Å²) in [4.78, 5) is 13.1. The maximum absolute atomic E-state index is 12.5. The van der Waals surface area contributed by atoms with Gasteiger partial charge in [-0.25, -0.2) is 8.42 Å². The number of carbonyl (C=O) groups is 1. The van der Waals surface area contributed by atoms with Gasteiger partial charge in [0.1, 0.15) is 0 Å². The average molecular weight is 467 g/mol. The van der Waals surface area contributed by atoms with Gasteiger partial charge in [-0.1, -0.05) is 29.3 Å². The molecule has 0 heterocycles. The van der Waals surface area contributed by atoms with Crippen molar-refractivity contribution in [2.24, 2.45) is 0 Å². The highest BCUT2D eigenvalue weighted by Gasteiger charge is 2.14. The molecule has 0 saturated heterocycles. The summed E-state index contributed by atoms with van der Waals surface area (Å²) in [5.41, 5.74) is 0.877.